The normalized spacial score (nSPS) is 10.5. The van der Waals surface area contributed by atoms with E-state index in [1.807, 2.05) is 48.5 Å². The van der Waals surface area contributed by atoms with Crippen molar-refractivity contribution >= 4 is 22.4 Å². The second kappa shape index (κ2) is 6.50. The zero-order chi connectivity index (χ0) is 16.2. The van der Waals surface area contributed by atoms with E-state index in [0.717, 1.165) is 33.3 Å². The van der Waals surface area contributed by atoms with Crippen LogP contribution in [0.1, 0.15) is 0 Å². The summed E-state index contributed by atoms with van der Waals surface area (Å²) in [5.41, 5.74) is 8.15. The summed E-state index contributed by atoms with van der Waals surface area (Å²) in [6.07, 6.45) is 0. The molecule has 4 nitrogen and oxygen atoms in total. The average molecular weight is 306 g/mol. The number of hydrogen-bond donors (Lipinski definition) is 2. The van der Waals surface area contributed by atoms with Gasteiger partial charge in [0.2, 0.25) is 5.91 Å². The van der Waals surface area contributed by atoms with Crippen molar-refractivity contribution in [3.05, 3.63) is 60.7 Å². The first-order chi connectivity index (χ1) is 11.2. The Bertz CT molecular complexity index is 859. The number of rotatable bonds is 4. The quantitative estimate of drug-likeness (QED) is 0.776. The van der Waals surface area contributed by atoms with E-state index >= 15 is 0 Å². The molecule has 0 aliphatic heterocycles. The zero-order valence-corrected chi connectivity index (χ0v) is 12.9. The van der Waals surface area contributed by atoms with Gasteiger partial charge in [0, 0.05) is 11.3 Å². The van der Waals surface area contributed by atoms with Crippen LogP contribution in [0.4, 0.5) is 5.69 Å². The van der Waals surface area contributed by atoms with Crippen LogP contribution in [0.15, 0.2) is 60.7 Å². The lowest BCUT2D eigenvalue weighted by Gasteiger charge is -2.12. The van der Waals surface area contributed by atoms with E-state index in [0.29, 0.717) is 0 Å². The molecule has 116 valence electrons. The van der Waals surface area contributed by atoms with E-state index in [4.69, 9.17) is 10.5 Å². The van der Waals surface area contributed by atoms with E-state index in [1.165, 1.54) is 0 Å². The number of hydrogen-bond acceptors (Lipinski definition) is 3. The number of nitrogens with one attached hydrogen (secondary N) is 1. The van der Waals surface area contributed by atoms with Crippen molar-refractivity contribution in [1.29, 1.82) is 0 Å². The number of ether oxygens (including phenoxy) is 1. The first-order valence-corrected chi connectivity index (χ1v) is 7.38. The fourth-order valence-electron chi connectivity index (χ4n) is 2.56. The lowest BCUT2D eigenvalue weighted by atomic mass is 9.99. The molecular formula is C19H18N2O2. The van der Waals surface area contributed by atoms with Gasteiger partial charge in [-0.2, -0.15) is 0 Å². The summed E-state index contributed by atoms with van der Waals surface area (Å²) >= 11 is 0. The Morgan fingerprint density at radius 1 is 1.04 bits per heavy atom. The first-order valence-electron chi connectivity index (χ1n) is 7.38. The third kappa shape index (κ3) is 3.17. The molecular weight excluding hydrogens is 288 g/mol. The molecule has 4 heteroatoms. The monoisotopic (exact) mass is 306 g/mol. The molecule has 0 bridgehead atoms. The molecule has 23 heavy (non-hydrogen) atoms. The first kappa shape index (κ1) is 15.1. The van der Waals surface area contributed by atoms with Crippen LogP contribution in [-0.4, -0.2) is 19.6 Å². The molecule has 0 saturated carbocycles. The standard InChI is InChI=1S/C19H18N2O2/c1-23-16-9-8-13-10-15(7-6-14(13)11-16)17-4-2-3-5-18(17)21-19(22)12-20/h2-11H,12,20H2,1H3,(H,21,22). The predicted octanol–water partition coefficient (Wildman–Crippen LogP) is 3.41. The molecule has 0 unspecified atom stereocenters. The molecule has 0 heterocycles. The van der Waals surface area contributed by atoms with Gasteiger partial charge >= 0.3 is 0 Å². The number of anilines is 1. The van der Waals surface area contributed by atoms with E-state index < -0.39 is 0 Å². The Kier molecular flexibility index (Phi) is 4.26. The van der Waals surface area contributed by atoms with Crippen molar-refractivity contribution in [1.82, 2.24) is 0 Å². The van der Waals surface area contributed by atoms with Crippen LogP contribution in [0, 0.1) is 0 Å². The van der Waals surface area contributed by atoms with E-state index in [-0.39, 0.29) is 12.5 Å². The molecule has 0 saturated heterocycles. The largest absolute Gasteiger partial charge is 0.497 e. The van der Waals surface area contributed by atoms with Crippen LogP contribution in [-0.2, 0) is 4.79 Å². The predicted molar refractivity (Wildman–Crippen MR) is 93.6 cm³/mol. The molecule has 0 aromatic heterocycles. The van der Waals surface area contributed by atoms with Gasteiger partial charge in [-0.3, -0.25) is 4.79 Å². The Balaban J connectivity index is 2.05. The number of para-hydroxylation sites is 1. The summed E-state index contributed by atoms with van der Waals surface area (Å²) in [5.74, 6) is 0.629. The van der Waals surface area contributed by atoms with Crippen LogP contribution >= 0.6 is 0 Å². The molecule has 0 atom stereocenters. The highest BCUT2D eigenvalue weighted by atomic mass is 16.5. The fourth-order valence-corrected chi connectivity index (χ4v) is 2.56. The number of fused-ring (bicyclic) bond motifs is 1. The second-order valence-electron chi connectivity index (χ2n) is 5.23. The summed E-state index contributed by atoms with van der Waals surface area (Å²) in [7, 11) is 1.66. The highest BCUT2D eigenvalue weighted by molar-refractivity contribution is 5.98. The van der Waals surface area contributed by atoms with Crippen LogP contribution < -0.4 is 15.8 Å². The topological polar surface area (TPSA) is 64.3 Å². The SMILES string of the molecule is COc1ccc2cc(-c3ccccc3NC(=O)CN)ccc2c1. The highest BCUT2D eigenvalue weighted by Crippen LogP contribution is 2.31. The maximum absolute atomic E-state index is 11.6. The van der Waals surface area contributed by atoms with Gasteiger partial charge in [0.15, 0.2) is 0 Å². The van der Waals surface area contributed by atoms with Crippen LogP contribution in [0.2, 0.25) is 0 Å². The van der Waals surface area contributed by atoms with Gasteiger partial charge in [0.25, 0.3) is 0 Å². The summed E-state index contributed by atoms with van der Waals surface area (Å²) in [4.78, 5) is 11.6. The minimum absolute atomic E-state index is 0.0359. The molecule has 0 radical (unpaired) electrons. The molecule has 0 aliphatic rings. The lowest BCUT2D eigenvalue weighted by molar-refractivity contribution is -0.114. The van der Waals surface area contributed by atoms with Gasteiger partial charge in [0.05, 0.1) is 13.7 Å². The fraction of sp³-hybridized carbons (Fsp3) is 0.105. The van der Waals surface area contributed by atoms with Gasteiger partial charge in [-0.05, 0) is 40.6 Å². The van der Waals surface area contributed by atoms with E-state index in [2.05, 4.69) is 17.4 Å². The minimum atomic E-state index is -0.206. The van der Waals surface area contributed by atoms with Crippen molar-refractivity contribution < 1.29 is 9.53 Å². The number of carbonyl (C=O) groups is 1. The zero-order valence-electron chi connectivity index (χ0n) is 12.9. The average Bonchev–Trinajstić information content (AvgIpc) is 2.61. The van der Waals surface area contributed by atoms with E-state index in [1.54, 1.807) is 7.11 Å². The number of methoxy groups -OCH3 is 1. The van der Waals surface area contributed by atoms with Gasteiger partial charge in [0.1, 0.15) is 5.75 Å². The van der Waals surface area contributed by atoms with Crippen molar-refractivity contribution in [3.8, 4) is 16.9 Å². The molecule has 3 aromatic carbocycles. The maximum Gasteiger partial charge on any atom is 0.238 e. The summed E-state index contributed by atoms with van der Waals surface area (Å²) in [5, 5.41) is 5.06. The van der Waals surface area contributed by atoms with Gasteiger partial charge < -0.3 is 15.8 Å². The van der Waals surface area contributed by atoms with Gasteiger partial charge in [-0.25, -0.2) is 0 Å². The number of benzene rings is 3. The second-order valence-corrected chi connectivity index (χ2v) is 5.23. The summed E-state index contributed by atoms with van der Waals surface area (Å²) in [6, 6.07) is 19.9. The molecule has 3 rings (SSSR count). The summed E-state index contributed by atoms with van der Waals surface area (Å²) in [6.45, 7) is -0.0359. The van der Waals surface area contributed by atoms with Crippen molar-refractivity contribution in [3.63, 3.8) is 0 Å². The number of amides is 1. The Labute approximate surface area is 134 Å². The molecule has 3 aromatic rings. The van der Waals surface area contributed by atoms with Crippen molar-refractivity contribution in [2.45, 2.75) is 0 Å². The lowest BCUT2D eigenvalue weighted by Crippen LogP contribution is -2.22. The maximum atomic E-state index is 11.6. The van der Waals surface area contributed by atoms with Crippen LogP contribution in [0.5, 0.6) is 5.75 Å². The van der Waals surface area contributed by atoms with Crippen LogP contribution in [0.25, 0.3) is 21.9 Å². The Morgan fingerprint density at radius 2 is 1.78 bits per heavy atom. The molecule has 0 spiro atoms. The minimum Gasteiger partial charge on any atom is -0.497 e. The number of carbonyl (C=O) groups excluding carboxylic acids is 1. The third-order valence-electron chi connectivity index (χ3n) is 3.74. The molecule has 0 fully saturated rings. The van der Waals surface area contributed by atoms with Gasteiger partial charge in [-0.15, -0.1) is 0 Å². The smallest absolute Gasteiger partial charge is 0.238 e. The highest BCUT2D eigenvalue weighted by Gasteiger charge is 2.08. The molecule has 1 amide bonds. The Hall–Kier alpha value is -2.85. The Morgan fingerprint density at radius 3 is 2.57 bits per heavy atom. The van der Waals surface area contributed by atoms with Crippen molar-refractivity contribution in [2.24, 2.45) is 5.73 Å². The third-order valence-corrected chi connectivity index (χ3v) is 3.74. The van der Waals surface area contributed by atoms with E-state index in [9.17, 15) is 4.79 Å². The summed E-state index contributed by atoms with van der Waals surface area (Å²) < 4.78 is 5.25. The molecule has 0 aliphatic carbocycles. The molecule has 3 N–H and O–H groups in total. The van der Waals surface area contributed by atoms with Gasteiger partial charge in [-0.1, -0.05) is 36.4 Å². The van der Waals surface area contributed by atoms with Crippen LogP contribution in [0.3, 0.4) is 0 Å². The van der Waals surface area contributed by atoms with Crippen molar-refractivity contribution in [2.75, 3.05) is 19.0 Å². The number of nitrogens with two attached hydrogens (primary N) is 1.